The molecule has 2 aliphatic rings. The highest BCUT2D eigenvalue weighted by atomic mass is 16.5. The molecule has 0 aromatic heterocycles. The number of carboxylic acids is 1. The molecule has 3 atom stereocenters. The second-order valence-electron chi connectivity index (χ2n) is 9.33. The molecule has 2 amide bonds. The van der Waals surface area contributed by atoms with Crippen LogP contribution >= 0.6 is 0 Å². The highest BCUT2D eigenvalue weighted by Gasteiger charge is 2.35. The number of carboxylic acid groups (broad SMARTS) is 1. The van der Waals surface area contributed by atoms with E-state index in [1.165, 1.54) is 11.1 Å². The van der Waals surface area contributed by atoms with E-state index in [2.05, 4.69) is 34.9 Å². The normalized spacial score (nSPS) is 19.5. The molecule has 8 heteroatoms. The maximum absolute atomic E-state index is 12.6. The molecule has 1 saturated heterocycles. The van der Waals surface area contributed by atoms with Gasteiger partial charge in [0.1, 0.15) is 12.7 Å². The second-order valence-corrected chi connectivity index (χ2v) is 9.33. The third-order valence-corrected chi connectivity index (χ3v) is 6.80. The number of benzene rings is 2. The van der Waals surface area contributed by atoms with Crippen LogP contribution in [0.25, 0.3) is 11.1 Å². The molecule has 1 aliphatic carbocycles. The molecule has 1 fully saturated rings. The highest BCUT2D eigenvalue weighted by molar-refractivity contribution is 5.81. The molecular formula is C27H32N2O6. The third kappa shape index (κ3) is 6.00. The van der Waals surface area contributed by atoms with E-state index in [4.69, 9.17) is 14.6 Å². The molecule has 0 radical (unpaired) electrons. The molecule has 0 bridgehead atoms. The van der Waals surface area contributed by atoms with Crippen molar-refractivity contribution in [1.82, 2.24) is 10.6 Å². The molecule has 0 saturated carbocycles. The lowest BCUT2D eigenvalue weighted by atomic mass is 9.98. The van der Waals surface area contributed by atoms with Gasteiger partial charge in [-0.2, -0.15) is 0 Å². The predicted molar refractivity (Wildman–Crippen MR) is 130 cm³/mol. The van der Waals surface area contributed by atoms with Gasteiger partial charge >= 0.3 is 12.1 Å². The summed E-state index contributed by atoms with van der Waals surface area (Å²) >= 11 is 0. The monoisotopic (exact) mass is 480 g/mol. The van der Waals surface area contributed by atoms with Gasteiger partial charge < -0.3 is 25.2 Å². The summed E-state index contributed by atoms with van der Waals surface area (Å²) in [7, 11) is 0. The molecule has 2 aromatic rings. The summed E-state index contributed by atoms with van der Waals surface area (Å²) in [5, 5.41) is 14.4. The summed E-state index contributed by atoms with van der Waals surface area (Å²) in [6.45, 7) is 3.25. The van der Waals surface area contributed by atoms with Crippen LogP contribution in [0.4, 0.5) is 4.79 Å². The molecule has 1 unspecified atom stereocenters. The number of hydrogen-bond donors (Lipinski definition) is 3. The van der Waals surface area contributed by atoms with Gasteiger partial charge in [0, 0.05) is 38.0 Å². The van der Waals surface area contributed by atoms with Gasteiger partial charge in [0.15, 0.2) is 0 Å². The molecule has 186 valence electrons. The molecule has 1 aliphatic heterocycles. The van der Waals surface area contributed by atoms with Crippen molar-refractivity contribution in [3.63, 3.8) is 0 Å². The first kappa shape index (κ1) is 24.7. The van der Waals surface area contributed by atoms with E-state index in [1.807, 2.05) is 31.2 Å². The van der Waals surface area contributed by atoms with Crippen LogP contribution in [0.1, 0.15) is 43.2 Å². The average molecular weight is 481 g/mol. The van der Waals surface area contributed by atoms with E-state index in [9.17, 15) is 14.4 Å². The first-order chi connectivity index (χ1) is 16.9. The van der Waals surface area contributed by atoms with Crippen molar-refractivity contribution in [2.75, 3.05) is 26.3 Å². The standard InChI is InChI=1S/C27H32N2O6/c1-17(10-11-24(30)31)14-28-26(32)25-18(12-13-34-25)15-29-27(33)35-16-23-21-8-4-2-6-19(21)20-7-3-5-9-22(20)23/h2-9,17-18,23,25H,10-16H2,1H3,(H,28,32)(H,29,33)(H,30,31)/t17?,18-,25-/m1/s1. The second kappa shape index (κ2) is 11.4. The zero-order valence-electron chi connectivity index (χ0n) is 19.9. The van der Waals surface area contributed by atoms with Gasteiger partial charge in [-0.25, -0.2) is 4.79 Å². The number of carbonyl (C=O) groups excluding carboxylic acids is 2. The lowest BCUT2D eigenvalue weighted by Crippen LogP contribution is -2.43. The minimum atomic E-state index is -0.846. The number of fused-ring (bicyclic) bond motifs is 3. The number of carbonyl (C=O) groups is 3. The zero-order valence-corrected chi connectivity index (χ0v) is 19.9. The zero-order chi connectivity index (χ0) is 24.8. The molecule has 1 heterocycles. The summed E-state index contributed by atoms with van der Waals surface area (Å²) in [6, 6.07) is 16.3. The Morgan fingerprint density at radius 2 is 1.71 bits per heavy atom. The van der Waals surface area contributed by atoms with E-state index < -0.39 is 18.2 Å². The summed E-state index contributed by atoms with van der Waals surface area (Å²) in [5.41, 5.74) is 4.65. The number of aliphatic carboxylic acids is 1. The predicted octanol–water partition coefficient (Wildman–Crippen LogP) is 3.55. The number of ether oxygens (including phenoxy) is 2. The van der Waals surface area contributed by atoms with Gasteiger partial charge in [0.2, 0.25) is 5.91 Å². The van der Waals surface area contributed by atoms with Crippen molar-refractivity contribution < 1.29 is 29.0 Å². The quantitative estimate of drug-likeness (QED) is 0.479. The SMILES string of the molecule is CC(CCC(=O)O)CNC(=O)[C@@H]1OCC[C@@H]1CNC(=O)OCC1c2ccccc2-c2ccccc21. The maximum atomic E-state index is 12.6. The van der Waals surface area contributed by atoms with Crippen LogP contribution in [0.15, 0.2) is 48.5 Å². The summed E-state index contributed by atoms with van der Waals surface area (Å²) in [6.07, 6.45) is 0.0733. The van der Waals surface area contributed by atoms with Crippen LogP contribution < -0.4 is 10.6 Å². The molecular weight excluding hydrogens is 448 g/mol. The Morgan fingerprint density at radius 3 is 2.37 bits per heavy atom. The Balaban J connectivity index is 1.24. The smallest absolute Gasteiger partial charge is 0.407 e. The topological polar surface area (TPSA) is 114 Å². The fourth-order valence-corrected chi connectivity index (χ4v) is 4.84. The Morgan fingerprint density at radius 1 is 1.06 bits per heavy atom. The third-order valence-electron chi connectivity index (χ3n) is 6.80. The van der Waals surface area contributed by atoms with E-state index >= 15 is 0 Å². The van der Waals surface area contributed by atoms with Crippen LogP contribution in [0.2, 0.25) is 0 Å². The number of rotatable bonds is 10. The van der Waals surface area contributed by atoms with E-state index in [0.29, 0.717) is 26.0 Å². The summed E-state index contributed by atoms with van der Waals surface area (Å²) in [4.78, 5) is 35.8. The van der Waals surface area contributed by atoms with Crippen molar-refractivity contribution in [3.8, 4) is 11.1 Å². The van der Waals surface area contributed by atoms with Crippen molar-refractivity contribution in [2.45, 2.75) is 38.2 Å². The molecule has 8 nitrogen and oxygen atoms in total. The first-order valence-electron chi connectivity index (χ1n) is 12.1. The first-order valence-corrected chi connectivity index (χ1v) is 12.1. The van der Waals surface area contributed by atoms with Crippen LogP contribution in [0.5, 0.6) is 0 Å². The fourth-order valence-electron chi connectivity index (χ4n) is 4.84. The minimum absolute atomic E-state index is 0.00962. The lowest BCUT2D eigenvalue weighted by Gasteiger charge is -2.20. The fraction of sp³-hybridized carbons (Fsp3) is 0.444. The van der Waals surface area contributed by atoms with Crippen LogP contribution in [0.3, 0.4) is 0 Å². The van der Waals surface area contributed by atoms with Crippen molar-refractivity contribution in [1.29, 1.82) is 0 Å². The largest absolute Gasteiger partial charge is 0.481 e. The minimum Gasteiger partial charge on any atom is -0.481 e. The lowest BCUT2D eigenvalue weighted by molar-refractivity contribution is -0.137. The van der Waals surface area contributed by atoms with Gasteiger partial charge in [0.05, 0.1) is 0 Å². The number of alkyl carbamates (subject to hydrolysis) is 1. The summed E-state index contributed by atoms with van der Waals surface area (Å²) < 4.78 is 11.2. The van der Waals surface area contributed by atoms with Crippen LogP contribution in [-0.4, -0.2) is 55.5 Å². The Labute approximate surface area is 205 Å². The van der Waals surface area contributed by atoms with Gasteiger partial charge in [0.25, 0.3) is 0 Å². The number of hydrogen-bond acceptors (Lipinski definition) is 5. The number of nitrogens with one attached hydrogen (secondary N) is 2. The van der Waals surface area contributed by atoms with E-state index in [0.717, 1.165) is 11.1 Å². The van der Waals surface area contributed by atoms with Gasteiger partial charge in [-0.15, -0.1) is 0 Å². The summed E-state index contributed by atoms with van der Waals surface area (Å²) in [5.74, 6) is -1.19. The Bertz CT molecular complexity index is 1030. The van der Waals surface area contributed by atoms with Crippen LogP contribution in [-0.2, 0) is 19.1 Å². The molecule has 0 spiro atoms. The van der Waals surface area contributed by atoms with Crippen molar-refractivity contribution in [2.24, 2.45) is 11.8 Å². The molecule has 35 heavy (non-hydrogen) atoms. The van der Waals surface area contributed by atoms with E-state index in [-0.39, 0.29) is 43.2 Å². The van der Waals surface area contributed by atoms with Gasteiger partial charge in [-0.05, 0) is 41.0 Å². The maximum Gasteiger partial charge on any atom is 0.407 e. The Kier molecular flexibility index (Phi) is 8.02. The van der Waals surface area contributed by atoms with Gasteiger partial charge in [-0.3, -0.25) is 9.59 Å². The Hall–Kier alpha value is -3.39. The number of amides is 2. The average Bonchev–Trinajstić information content (AvgIpc) is 3.46. The highest BCUT2D eigenvalue weighted by Crippen LogP contribution is 2.44. The molecule has 3 N–H and O–H groups in total. The van der Waals surface area contributed by atoms with E-state index in [1.54, 1.807) is 0 Å². The molecule has 2 aromatic carbocycles. The van der Waals surface area contributed by atoms with Gasteiger partial charge in [-0.1, -0.05) is 55.5 Å². The van der Waals surface area contributed by atoms with Crippen LogP contribution in [0, 0.1) is 11.8 Å². The van der Waals surface area contributed by atoms with Crippen molar-refractivity contribution >= 4 is 18.0 Å². The van der Waals surface area contributed by atoms with Crippen molar-refractivity contribution in [3.05, 3.63) is 59.7 Å². The molecule has 4 rings (SSSR count).